The number of nitrogens with zero attached hydrogens (tertiary/aromatic N) is 1. The van der Waals surface area contributed by atoms with Gasteiger partial charge >= 0.3 is 0 Å². The maximum atomic E-state index is 12.8. The molecule has 5 heteroatoms. The largest absolute Gasteiger partial charge is 0.493 e. The van der Waals surface area contributed by atoms with Gasteiger partial charge in [0.1, 0.15) is 0 Å². The molecule has 1 heterocycles. The van der Waals surface area contributed by atoms with Crippen molar-refractivity contribution >= 4 is 23.4 Å². The van der Waals surface area contributed by atoms with E-state index in [2.05, 4.69) is 0 Å². The van der Waals surface area contributed by atoms with Crippen molar-refractivity contribution in [2.75, 3.05) is 18.3 Å². The van der Waals surface area contributed by atoms with Crippen LogP contribution >= 0.6 is 11.8 Å². The molecule has 4 nitrogen and oxygen atoms in total. The Morgan fingerprint density at radius 2 is 2.00 bits per heavy atom. The van der Waals surface area contributed by atoms with Crippen LogP contribution in [0.15, 0.2) is 47.4 Å². The summed E-state index contributed by atoms with van der Waals surface area (Å²) in [7, 11) is 1.61. The Bertz CT molecular complexity index is 732. The second-order valence-corrected chi connectivity index (χ2v) is 6.15. The number of carbonyl (C=O) groups is 1. The highest BCUT2D eigenvalue weighted by atomic mass is 32.2. The van der Waals surface area contributed by atoms with Crippen LogP contribution in [0.1, 0.15) is 12.5 Å². The molecular formula is C18H19NO3S. The number of fused-ring (bicyclic) bond motifs is 1. The predicted octanol–water partition coefficient (Wildman–Crippen LogP) is 3.73. The van der Waals surface area contributed by atoms with Crippen molar-refractivity contribution in [3.63, 3.8) is 0 Å². The summed E-state index contributed by atoms with van der Waals surface area (Å²) in [6, 6.07) is 13.7. The van der Waals surface area contributed by atoms with Gasteiger partial charge in [-0.3, -0.25) is 4.79 Å². The Morgan fingerprint density at radius 1 is 1.22 bits per heavy atom. The highest BCUT2D eigenvalue weighted by Crippen LogP contribution is 2.38. The normalized spacial score (nSPS) is 17.3. The van der Waals surface area contributed by atoms with Gasteiger partial charge in [-0.1, -0.05) is 24.3 Å². The van der Waals surface area contributed by atoms with Crippen LogP contribution in [0.5, 0.6) is 11.5 Å². The number of anilines is 1. The number of rotatable bonds is 3. The van der Waals surface area contributed by atoms with E-state index in [0.29, 0.717) is 18.0 Å². The summed E-state index contributed by atoms with van der Waals surface area (Å²) in [6.07, 6.45) is 1.44. The van der Waals surface area contributed by atoms with Crippen molar-refractivity contribution in [3.8, 4) is 11.5 Å². The molecule has 0 bridgehead atoms. The predicted molar refractivity (Wildman–Crippen MR) is 92.5 cm³/mol. The SMILES string of the molecule is COc1cccc2c1OC(C)C(=O)N(c1ccccc1SC)C2. The van der Waals surface area contributed by atoms with Gasteiger partial charge in [0, 0.05) is 10.5 Å². The lowest BCUT2D eigenvalue weighted by atomic mass is 10.1. The average Bonchev–Trinajstić information content (AvgIpc) is 2.71. The third kappa shape index (κ3) is 2.88. The van der Waals surface area contributed by atoms with Gasteiger partial charge in [0.25, 0.3) is 5.91 Å². The van der Waals surface area contributed by atoms with Crippen molar-refractivity contribution in [2.45, 2.75) is 24.5 Å². The molecule has 1 unspecified atom stereocenters. The Morgan fingerprint density at radius 3 is 2.74 bits per heavy atom. The first kappa shape index (κ1) is 15.7. The van der Waals surface area contributed by atoms with E-state index in [1.165, 1.54) is 0 Å². The third-order valence-electron chi connectivity index (χ3n) is 3.89. The van der Waals surface area contributed by atoms with Gasteiger partial charge in [0.2, 0.25) is 0 Å². The molecule has 1 amide bonds. The van der Waals surface area contributed by atoms with Crippen LogP contribution in [0.25, 0.3) is 0 Å². The minimum absolute atomic E-state index is 0.0512. The number of hydrogen-bond donors (Lipinski definition) is 0. The molecule has 2 aromatic carbocycles. The number of carbonyl (C=O) groups excluding carboxylic acids is 1. The lowest BCUT2D eigenvalue weighted by molar-refractivity contribution is -0.124. The monoisotopic (exact) mass is 329 g/mol. The molecule has 120 valence electrons. The van der Waals surface area contributed by atoms with Gasteiger partial charge in [-0.25, -0.2) is 0 Å². The molecule has 23 heavy (non-hydrogen) atoms. The molecule has 1 aliphatic rings. The molecule has 0 saturated heterocycles. The molecule has 0 aromatic heterocycles. The summed E-state index contributed by atoms with van der Waals surface area (Å²) in [6.45, 7) is 2.24. The highest BCUT2D eigenvalue weighted by Gasteiger charge is 2.31. The first-order chi connectivity index (χ1) is 11.2. The fourth-order valence-corrected chi connectivity index (χ4v) is 3.33. The zero-order chi connectivity index (χ0) is 16.4. The molecule has 0 radical (unpaired) electrons. The fourth-order valence-electron chi connectivity index (χ4n) is 2.73. The summed E-state index contributed by atoms with van der Waals surface area (Å²) < 4.78 is 11.3. The Hall–Kier alpha value is -2.14. The summed E-state index contributed by atoms with van der Waals surface area (Å²) in [5.74, 6) is 1.26. The molecule has 1 aliphatic heterocycles. The van der Waals surface area contributed by atoms with Crippen LogP contribution in [0.2, 0.25) is 0 Å². The van der Waals surface area contributed by atoms with E-state index in [-0.39, 0.29) is 5.91 Å². The van der Waals surface area contributed by atoms with Gasteiger partial charge in [-0.05, 0) is 31.4 Å². The summed E-state index contributed by atoms with van der Waals surface area (Å²) in [4.78, 5) is 15.7. The summed E-state index contributed by atoms with van der Waals surface area (Å²) >= 11 is 1.63. The van der Waals surface area contributed by atoms with Crippen molar-refractivity contribution in [1.82, 2.24) is 0 Å². The van der Waals surface area contributed by atoms with E-state index in [1.807, 2.05) is 48.7 Å². The summed E-state index contributed by atoms with van der Waals surface area (Å²) in [5, 5.41) is 0. The number of hydrogen-bond acceptors (Lipinski definition) is 4. The Balaban J connectivity index is 2.09. The standard InChI is InChI=1S/C18H19NO3S/c1-12-18(20)19(14-8-4-5-10-16(14)23-3)11-13-7-6-9-15(21-2)17(13)22-12/h4-10,12H,11H2,1-3H3. The third-order valence-corrected chi connectivity index (χ3v) is 4.68. The van der Waals surface area contributed by atoms with Gasteiger partial charge in [0.05, 0.1) is 19.3 Å². The van der Waals surface area contributed by atoms with Gasteiger partial charge in [0.15, 0.2) is 17.6 Å². The van der Waals surface area contributed by atoms with E-state index >= 15 is 0 Å². The minimum Gasteiger partial charge on any atom is -0.493 e. The molecule has 0 N–H and O–H groups in total. The molecule has 0 spiro atoms. The molecule has 0 aliphatic carbocycles. The lowest BCUT2D eigenvalue weighted by Gasteiger charge is -2.24. The van der Waals surface area contributed by atoms with Crippen LogP contribution in [0.3, 0.4) is 0 Å². The van der Waals surface area contributed by atoms with Crippen LogP contribution in [0, 0.1) is 0 Å². The first-order valence-electron chi connectivity index (χ1n) is 7.42. The van der Waals surface area contributed by atoms with Crippen molar-refractivity contribution in [3.05, 3.63) is 48.0 Å². The number of benzene rings is 2. The second kappa shape index (κ2) is 6.54. The lowest BCUT2D eigenvalue weighted by Crippen LogP contribution is -2.38. The number of para-hydroxylation sites is 2. The maximum absolute atomic E-state index is 12.8. The van der Waals surface area contributed by atoms with Crippen LogP contribution in [-0.2, 0) is 11.3 Å². The van der Waals surface area contributed by atoms with Crippen LogP contribution in [0.4, 0.5) is 5.69 Å². The highest BCUT2D eigenvalue weighted by molar-refractivity contribution is 7.98. The van der Waals surface area contributed by atoms with Crippen molar-refractivity contribution in [1.29, 1.82) is 0 Å². The van der Waals surface area contributed by atoms with E-state index in [1.54, 1.807) is 30.7 Å². The average molecular weight is 329 g/mol. The zero-order valence-corrected chi connectivity index (χ0v) is 14.2. The van der Waals surface area contributed by atoms with E-state index in [9.17, 15) is 4.79 Å². The number of amides is 1. The Labute approximate surface area is 140 Å². The molecule has 2 aromatic rings. The van der Waals surface area contributed by atoms with E-state index < -0.39 is 6.10 Å². The van der Waals surface area contributed by atoms with Crippen LogP contribution < -0.4 is 14.4 Å². The van der Waals surface area contributed by atoms with Crippen molar-refractivity contribution < 1.29 is 14.3 Å². The zero-order valence-electron chi connectivity index (χ0n) is 13.4. The second-order valence-electron chi connectivity index (χ2n) is 5.30. The van der Waals surface area contributed by atoms with Crippen LogP contribution in [-0.4, -0.2) is 25.4 Å². The van der Waals surface area contributed by atoms with Gasteiger partial charge < -0.3 is 14.4 Å². The fraction of sp³-hybridized carbons (Fsp3) is 0.278. The minimum atomic E-state index is -0.567. The molecule has 0 saturated carbocycles. The van der Waals surface area contributed by atoms with Gasteiger partial charge in [-0.2, -0.15) is 0 Å². The summed E-state index contributed by atoms with van der Waals surface area (Å²) in [5.41, 5.74) is 1.86. The molecular weight excluding hydrogens is 310 g/mol. The molecule has 3 rings (SSSR count). The molecule has 0 fully saturated rings. The molecule has 1 atom stereocenters. The smallest absolute Gasteiger partial charge is 0.268 e. The maximum Gasteiger partial charge on any atom is 0.268 e. The number of ether oxygens (including phenoxy) is 2. The first-order valence-corrected chi connectivity index (χ1v) is 8.65. The van der Waals surface area contributed by atoms with E-state index in [4.69, 9.17) is 9.47 Å². The van der Waals surface area contributed by atoms with Gasteiger partial charge in [-0.15, -0.1) is 11.8 Å². The number of thioether (sulfide) groups is 1. The van der Waals surface area contributed by atoms with E-state index in [0.717, 1.165) is 16.1 Å². The quantitative estimate of drug-likeness (QED) is 0.804. The Kier molecular flexibility index (Phi) is 4.48. The topological polar surface area (TPSA) is 38.8 Å². The van der Waals surface area contributed by atoms with Crippen molar-refractivity contribution in [2.24, 2.45) is 0 Å². The number of methoxy groups -OCH3 is 1.